The van der Waals surface area contributed by atoms with Gasteiger partial charge in [0.15, 0.2) is 11.5 Å². The molecular formula is C8H10F3N3O. The molecular weight excluding hydrogens is 211 g/mol. The number of ketones is 1. The van der Waals surface area contributed by atoms with Crippen LogP contribution in [0, 0.1) is 0 Å². The Morgan fingerprint density at radius 2 is 2.20 bits per heavy atom. The molecule has 84 valence electrons. The van der Waals surface area contributed by atoms with Crippen molar-refractivity contribution >= 4 is 5.78 Å². The van der Waals surface area contributed by atoms with Crippen molar-refractivity contribution in [2.24, 2.45) is 12.8 Å². The van der Waals surface area contributed by atoms with Crippen LogP contribution in [0.1, 0.15) is 22.5 Å². The van der Waals surface area contributed by atoms with E-state index in [1.807, 2.05) is 0 Å². The van der Waals surface area contributed by atoms with E-state index in [1.165, 1.54) is 7.05 Å². The smallest absolute Gasteiger partial charge is 0.330 e. The third-order valence-electron chi connectivity index (χ3n) is 1.77. The van der Waals surface area contributed by atoms with E-state index in [0.29, 0.717) is 0 Å². The highest BCUT2D eigenvalue weighted by atomic mass is 19.4. The zero-order valence-corrected chi connectivity index (χ0v) is 8.01. The Kier molecular flexibility index (Phi) is 3.13. The fourth-order valence-electron chi connectivity index (χ4n) is 1.17. The number of hydrogen-bond donors (Lipinski definition) is 1. The summed E-state index contributed by atoms with van der Waals surface area (Å²) >= 11 is 0. The van der Waals surface area contributed by atoms with E-state index in [1.54, 1.807) is 0 Å². The lowest BCUT2D eigenvalue weighted by Crippen LogP contribution is -2.14. The van der Waals surface area contributed by atoms with E-state index in [9.17, 15) is 18.0 Å². The van der Waals surface area contributed by atoms with Gasteiger partial charge in [0.05, 0.1) is 5.56 Å². The summed E-state index contributed by atoms with van der Waals surface area (Å²) in [6, 6.07) is 0. The van der Waals surface area contributed by atoms with Crippen LogP contribution in [0.2, 0.25) is 0 Å². The number of nitrogens with two attached hydrogens (primary N) is 1. The van der Waals surface area contributed by atoms with Gasteiger partial charge in [0.25, 0.3) is 0 Å². The van der Waals surface area contributed by atoms with Crippen molar-refractivity contribution in [3.8, 4) is 0 Å². The van der Waals surface area contributed by atoms with Crippen LogP contribution in [-0.4, -0.2) is 22.1 Å². The number of hydrogen-bond acceptors (Lipinski definition) is 3. The predicted octanol–water partition coefficient (Wildman–Crippen LogP) is 0.970. The zero-order chi connectivity index (χ0) is 11.6. The van der Waals surface area contributed by atoms with Gasteiger partial charge < -0.3 is 5.73 Å². The van der Waals surface area contributed by atoms with Gasteiger partial charge in [-0.15, -0.1) is 0 Å². The topological polar surface area (TPSA) is 60.9 Å². The maximum atomic E-state index is 12.4. The molecule has 0 aromatic carbocycles. The molecule has 4 nitrogen and oxygen atoms in total. The number of nitrogens with zero attached hydrogens (tertiary/aromatic N) is 2. The molecule has 0 aliphatic heterocycles. The normalized spacial score (nSPS) is 11.8. The zero-order valence-electron chi connectivity index (χ0n) is 8.01. The van der Waals surface area contributed by atoms with Crippen molar-refractivity contribution < 1.29 is 18.0 Å². The van der Waals surface area contributed by atoms with E-state index < -0.39 is 23.2 Å². The van der Waals surface area contributed by atoms with Crippen LogP contribution in [0.5, 0.6) is 0 Å². The van der Waals surface area contributed by atoms with Crippen molar-refractivity contribution in [3.05, 3.63) is 17.5 Å². The van der Waals surface area contributed by atoms with E-state index in [2.05, 4.69) is 5.10 Å². The fraction of sp³-hybridized carbons (Fsp3) is 0.500. The van der Waals surface area contributed by atoms with Crippen LogP contribution in [0.3, 0.4) is 0 Å². The highest BCUT2D eigenvalue weighted by Crippen LogP contribution is 2.30. The minimum atomic E-state index is -4.61. The van der Waals surface area contributed by atoms with Crippen LogP contribution in [0.25, 0.3) is 0 Å². The Morgan fingerprint density at radius 3 is 2.67 bits per heavy atom. The second kappa shape index (κ2) is 4.01. The number of carbonyl (C=O) groups is 1. The lowest BCUT2D eigenvalue weighted by atomic mass is 10.1. The Labute approximate surface area is 83.9 Å². The second-order valence-electron chi connectivity index (χ2n) is 3.02. The van der Waals surface area contributed by atoms with Crippen LogP contribution < -0.4 is 5.73 Å². The monoisotopic (exact) mass is 221 g/mol. The van der Waals surface area contributed by atoms with Crippen molar-refractivity contribution in [2.45, 2.75) is 12.6 Å². The first-order valence-electron chi connectivity index (χ1n) is 4.20. The maximum Gasteiger partial charge on any atom is 0.435 e. The molecule has 0 aliphatic rings. The molecule has 0 saturated carbocycles. The molecule has 1 rings (SSSR count). The van der Waals surface area contributed by atoms with Crippen LogP contribution >= 0.6 is 0 Å². The van der Waals surface area contributed by atoms with Gasteiger partial charge >= 0.3 is 6.18 Å². The standard InChI is InChI=1S/C8H10F3N3O/c1-14-4-5(6(15)2-3-12)7(13-14)8(9,10)11/h4H,2-3,12H2,1H3. The third kappa shape index (κ3) is 2.56. The molecule has 0 radical (unpaired) electrons. The van der Waals surface area contributed by atoms with Gasteiger partial charge in [-0.05, 0) is 6.54 Å². The number of aromatic nitrogens is 2. The third-order valence-corrected chi connectivity index (χ3v) is 1.77. The molecule has 1 heterocycles. The predicted molar refractivity (Wildman–Crippen MR) is 46.2 cm³/mol. The Bertz CT molecular complexity index is 370. The lowest BCUT2D eigenvalue weighted by Gasteiger charge is -2.04. The Balaban J connectivity index is 3.12. The van der Waals surface area contributed by atoms with E-state index in [0.717, 1.165) is 10.9 Å². The average molecular weight is 221 g/mol. The van der Waals surface area contributed by atoms with Crippen molar-refractivity contribution in [2.75, 3.05) is 6.54 Å². The SMILES string of the molecule is Cn1cc(C(=O)CCN)c(C(F)(F)F)n1. The number of carbonyl (C=O) groups excluding carboxylic acids is 1. The molecule has 0 atom stereocenters. The number of aryl methyl sites for hydroxylation is 1. The molecule has 1 aromatic heterocycles. The maximum absolute atomic E-state index is 12.4. The lowest BCUT2D eigenvalue weighted by molar-refractivity contribution is -0.141. The summed E-state index contributed by atoms with van der Waals surface area (Å²) in [5.74, 6) is -0.641. The van der Waals surface area contributed by atoms with Crippen molar-refractivity contribution in [3.63, 3.8) is 0 Å². The van der Waals surface area contributed by atoms with E-state index >= 15 is 0 Å². The molecule has 15 heavy (non-hydrogen) atoms. The summed E-state index contributed by atoms with van der Waals surface area (Å²) in [5.41, 5.74) is 3.53. The van der Waals surface area contributed by atoms with Gasteiger partial charge in [-0.1, -0.05) is 0 Å². The molecule has 0 unspecified atom stereocenters. The molecule has 0 saturated heterocycles. The van der Waals surface area contributed by atoms with Crippen LogP contribution in [0.4, 0.5) is 13.2 Å². The first kappa shape index (κ1) is 11.7. The van der Waals surface area contributed by atoms with Gasteiger partial charge in [0.2, 0.25) is 0 Å². The van der Waals surface area contributed by atoms with E-state index in [-0.39, 0.29) is 13.0 Å². The number of Topliss-reactive ketones (excluding diaryl/α,β-unsaturated/α-hetero) is 1. The van der Waals surface area contributed by atoms with Crippen molar-refractivity contribution in [1.29, 1.82) is 0 Å². The summed E-state index contributed by atoms with van der Waals surface area (Å²) in [4.78, 5) is 11.3. The van der Waals surface area contributed by atoms with Gasteiger partial charge in [-0.3, -0.25) is 9.48 Å². The van der Waals surface area contributed by atoms with Gasteiger partial charge in [0, 0.05) is 19.7 Å². The number of halogens is 3. The number of alkyl halides is 3. The largest absolute Gasteiger partial charge is 0.435 e. The van der Waals surface area contributed by atoms with Gasteiger partial charge in [-0.25, -0.2) is 0 Å². The fourth-order valence-corrected chi connectivity index (χ4v) is 1.17. The molecule has 0 bridgehead atoms. The molecule has 7 heteroatoms. The molecule has 2 N–H and O–H groups in total. The summed E-state index contributed by atoms with van der Waals surface area (Å²) in [6.45, 7) is 0.0189. The summed E-state index contributed by atoms with van der Waals surface area (Å²) in [6.07, 6.45) is -3.67. The minimum absolute atomic E-state index is 0.0189. The molecule has 0 aliphatic carbocycles. The molecule has 0 fully saturated rings. The van der Waals surface area contributed by atoms with Crippen LogP contribution in [0.15, 0.2) is 6.20 Å². The highest BCUT2D eigenvalue weighted by Gasteiger charge is 2.38. The van der Waals surface area contributed by atoms with Gasteiger partial charge in [0.1, 0.15) is 0 Å². The van der Waals surface area contributed by atoms with Crippen LogP contribution in [-0.2, 0) is 13.2 Å². The summed E-state index contributed by atoms with van der Waals surface area (Å²) in [7, 11) is 1.33. The minimum Gasteiger partial charge on any atom is -0.330 e. The average Bonchev–Trinajstić information content (AvgIpc) is 2.47. The second-order valence-corrected chi connectivity index (χ2v) is 3.02. The number of rotatable bonds is 3. The first-order valence-corrected chi connectivity index (χ1v) is 4.20. The summed E-state index contributed by atoms with van der Waals surface area (Å²) in [5, 5.41) is 3.22. The quantitative estimate of drug-likeness (QED) is 0.773. The first-order chi connectivity index (χ1) is 6.86. The molecule has 0 spiro atoms. The molecule has 0 amide bonds. The molecule has 1 aromatic rings. The highest BCUT2D eigenvalue weighted by molar-refractivity contribution is 5.97. The Hall–Kier alpha value is -1.37. The Morgan fingerprint density at radius 1 is 1.60 bits per heavy atom. The van der Waals surface area contributed by atoms with E-state index in [4.69, 9.17) is 5.73 Å². The van der Waals surface area contributed by atoms with Crippen molar-refractivity contribution in [1.82, 2.24) is 9.78 Å². The summed E-state index contributed by atoms with van der Waals surface area (Å²) < 4.78 is 38.2. The van der Waals surface area contributed by atoms with Gasteiger partial charge in [-0.2, -0.15) is 18.3 Å².